The molecule has 6 nitrogen and oxygen atoms in total. The fourth-order valence-corrected chi connectivity index (χ4v) is 4.54. The van der Waals surface area contributed by atoms with Gasteiger partial charge in [0.05, 0.1) is 12.1 Å². The highest BCUT2D eigenvalue weighted by atomic mass is 32.1. The van der Waals surface area contributed by atoms with Crippen LogP contribution in [0.4, 0.5) is 9.93 Å². The molecule has 136 valence electrons. The lowest BCUT2D eigenvalue weighted by molar-refractivity contribution is -0.120. The topological polar surface area (TPSA) is 74.3 Å². The third-order valence-corrected chi connectivity index (χ3v) is 5.92. The number of urea groups is 1. The van der Waals surface area contributed by atoms with E-state index in [1.54, 1.807) is 4.90 Å². The first-order valence-corrected chi connectivity index (χ1v) is 9.93. The average molecular weight is 370 g/mol. The van der Waals surface area contributed by atoms with Crippen molar-refractivity contribution in [2.24, 2.45) is 0 Å². The van der Waals surface area contributed by atoms with E-state index in [0.29, 0.717) is 36.4 Å². The van der Waals surface area contributed by atoms with Crippen molar-refractivity contribution in [1.82, 2.24) is 15.6 Å². The van der Waals surface area contributed by atoms with Crippen LogP contribution in [-0.4, -0.2) is 36.6 Å². The van der Waals surface area contributed by atoms with Crippen molar-refractivity contribution < 1.29 is 9.59 Å². The van der Waals surface area contributed by atoms with Crippen LogP contribution in [0.25, 0.3) is 0 Å². The third kappa shape index (κ3) is 3.58. The van der Waals surface area contributed by atoms with Crippen LogP contribution in [0.3, 0.4) is 0 Å². The highest BCUT2D eigenvalue weighted by Gasteiger charge is 2.24. The molecule has 1 fully saturated rings. The summed E-state index contributed by atoms with van der Waals surface area (Å²) in [6.07, 6.45) is 3.67. The van der Waals surface area contributed by atoms with Crippen LogP contribution < -0.4 is 15.5 Å². The smallest absolute Gasteiger partial charge is 0.323 e. The van der Waals surface area contributed by atoms with E-state index in [1.165, 1.54) is 28.9 Å². The molecular weight excluding hydrogens is 348 g/mol. The van der Waals surface area contributed by atoms with Crippen molar-refractivity contribution in [3.8, 4) is 0 Å². The largest absolute Gasteiger partial charge is 0.355 e. The van der Waals surface area contributed by atoms with E-state index in [4.69, 9.17) is 0 Å². The van der Waals surface area contributed by atoms with Gasteiger partial charge < -0.3 is 10.6 Å². The van der Waals surface area contributed by atoms with E-state index in [-0.39, 0.29) is 18.4 Å². The maximum atomic E-state index is 12.3. The van der Waals surface area contributed by atoms with Crippen LogP contribution in [0.15, 0.2) is 29.6 Å². The Morgan fingerprint density at radius 2 is 2.27 bits per heavy atom. The predicted molar refractivity (Wildman–Crippen MR) is 102 cm³/mol. The molecule has 0 saturated carbocycles. The first-order chi connectivity index (χ1) is 12.7. The number of rotatable bonds is 5. The summed E-state index contributed by atoms with van der Waals surface area (Å²) in [6, 6.07) is 8.41. The lowest BCUT2D eigenvalue weighted by Gasteiger charge is -2.25. The number of hydrogen-bond donors (Lipinski definition) is 2. The molecule has 1 saturated heterocycles. The number of carbonyl (C=O) groups is 2. The first kappa shape index (κ1) is 17.0. The van der Waals surface area contributed by atoms with E-state index < -0.39 is 0 Å². The molecule has 7 heteroatoms. The van der Waals surface area contributed by atoms with Crippen molar-refractivity contribution in [3.05, 3.63) is 46.5 Å². The Morgan fingerprint density at radius 3 is 3.12 bits per heavy atom. The first-order valence-electron chi connectivity index (χ1n) is 9.05. The summed E-state index contributed by atoms with van der Waals surface area (Å²) in [7, 11) is 0. The maximum Gasteiger partial charge on any atom is 0.323 e. The molecule has 1 unspecified atom stereocenters. The summed E-state index contributed by atoms with van der Waals surface area (Å²) < 4.78 is 0. The molecule has 1 atom stereocenters. The van der Waals surface area contributed by atoms with Crippen LogP contribution in [0, 0.1) is 0 Å². The van der Waals surface area contributed by atoms with E-state index in [2.05, 4.69) is 39.9 Å². The van der Waals surface area contributed by atoms with Gasteiger partial charge in [-0.3, -0.25) is 9.69 Å². The molecule has 0 spiro atoms. The zero-order chi connectivity index (χ0) is 17.9. The SMILES string of the molecule is O=C(Cc1csc(N2CCNC2=O)n1)NCC1CCCc2ccccc21. The summed E-state index contributed by atoms with van der Waals surface area (Å²) in [5, 5.41) is 8.33. The number of thiazole rings is 1. The summed E-state index contributed by atoms with van der Waals surface area (Å²) >= 11 is 1.40. The van der Waals surface area contributed by atoms with Gasteiger partial charge in [0.15, 0.2) is 5.13 Å². The van der Waals surface area contributed by atoms with E-state index >= 15 is 0 Å². The molecular formula is C19H22N4O2S. The van der Waals surface area contributed by atoms with Gasteiger partial charge in [-0.1, -0.05) is 24.3 Å². The number of nitrogens with zero attached hydrogens (tertiary/aromatic N) is 2. The summed E-state index contributed by atoms with van der Waals surface area (Å²) in [5.41, 5.74) is 3.49. The molecule has 1 aromatic heterocycles. The van der Waals surface area contributed by atoms with Gasteiger partial charge in [0.25, 0.3) is 0 Å². The van der Waals surface area contributed by atoms with Crippen LogP contribution >= 0.6 is 11.3 Å². The quantitative estimate of drug-likeness (QED) is 0.849. The molecule has 0 radical (unpaired) electrons. The molecule has 2 aliphatic rings. The lowest BCUT2D eigenvalue weighted by atomic mass is 9.83. The minimum Gasteiger partial charge on any atom is -0.355 e. The molecule has 1 aliphatic heterocycles. The Bertz CT molecular complexity index is 819. The van der Waals surface area contributed by atoms with Crippen molar-refractivity contribution in [1.29, 1.82) is 0 Å². The van der Waals surface area contributed by atoms with Crippen LogP contribution in [0.5, 0.6) is 0 Å². The maximum absolute atomic E-state index is 12.3. The molecule has 2 aromatic rings. The Morgan fingerprint density at radius 1 is 1.38 bits per heavy atom. The molecule has 3 amide bonds. The minimum atomic E-state index is -0.119. The molecule has 2 N–H and O–H groups in total. The predicted octanol–water partition coefficient (Wildman–Crippen LogP) is 2.45. The molecule has 26 heavy (non-hydrogen) atoms. The van der Waals surface area contributed by atoms with Gasteiger partial charge in [0, 0.05) is 30.9 Å². The van der Waals surface area contributed by atoms with Crippen LogP contribution in [-0.2, 0) is 17.6 Å². The summed E-state index contributed by atoms with van der Waals surface area (Å²) in [4.78, 5) is 30.1. The molecule has 1 aliphatic carbocycles. The molecule has 4 rings (SSSR count). The monoisotopic (exact) mass is 370 g/mol. The van der Waals surface area contributed by atoms with Gasteiger partial charge in [0.2, 0.25) is 5.91 Å². The summed E-state index contributed by atoms with van der Waals surface area (Å²) in [5.74, 6) is 0.374. The van der Waals surface area contributed by atoms with Crippen LogP contribution in [0.2, 0.25) is 0 Å². The highest BCUT2D eigenvalue weighted by molar-refractivity contribution is 7.14. The second-order valence-electron chi connectivity index (χ2n) is 6.77. The van der Waals surface area contributed by atoms with Gasteiger partial charge in [0.1, 0.15) is 0 Å². The Balaban J connectivity index is 1.32. The molecule has 1 aromatic carbocycles. The minimum absolute atomic E-state index is 0.0178. The number of aromatic nitrogens is 1. The number of amides is 3. The normalized spacial score (nSPS) is 19.2. The van der Waals surface area contributed by atoms with E-state index in [0.717, 1.165) is 12.8 Å². The highest BCUT2D eigenvalue weighted by Crippen LogP contribution is 2.30. The number of aryl methyl sites for hydroxylation is 1. The van der Waals surface area contributed by atoms with Gasteiger partial charge in [-0.25, -0.2) is 9.78 Å². The van der Waals surface area contributed by atoms with Gasteiger partial charge in [-0.2, -0.15) is 0 Å². The number of anilines is 1. The average Bonchev–Trinajstić information content (AvgIpc) is 3.28. The Kier molecular flexibility index (Phi) is 4.88. The van der Waals surface area contributed by atoms with Gasteiger partial charge >= 0.3 is 6.03 Å². The van der Waals surface area contributed by atoms with Gasteiger partial charge in [-0.15, -0.1) is 11.3 Å². The Hall–Kier alpha value is -2.41. The number of benzene rings is 1. The van der Waals surface area contributed by atoms with E-state index in [1.807, 2.05) is 5.38 Å². The van der Waals surface area contributed by atoms with Gasteiger partial charge in [-0.05, 0) is 30.4 Å². The zero-order valence-electron chi connectivity index (χ0n) is 14.5. The Labute approximate surface area is 156 Å². The third-order valence-electron chi connectivity index (χ3n) is 5.01. The van der Waals surface area contributed by atoms with E-state index in [9.17, 15) is 9.59 Å². The van der Waals surface area contributed by atoms with Crippen molar-refractivity contribution in [3.63, 3.8) is 0 Å². The number of fused-ring (bicyclic) bond motifs is 1. The van der Waals surface area contributed by atoms with Crippen molar-refractivity contribution in [2.75, 3.05) is 24.5 Å². The lowest BCUT2D eigenvalue weighted by Crippen LogP contribution is -2.31. The number of carbonyl (C=O) groups excluding carboxylic acids is 2. The van der Waals surface area contributed by atoms with Crippen molar-refractivity contribution in [2.45, 2.75) is 31.6 Å². The number of hydrogen-bond acceptors (Lipinski definition) is 4. The summed E-state index contributed by atoms with van der Waals surface area (Å²) in [6.45, 7) is 1.93. The number of nitrogens with one attached hydrogen (secondary N) is 2. The van der Waals surface area contributed by atoms with Crippen molar-refractivity contribution >= 4 is 28.4 Å². The fraction of sp³-hybridized carbons (Fsp3) is 0.421. The molecule has 0 bridgehead atoms. The standard InChI is InChI=1S/C19H22N4O2S/c24-17(10-15-12-26-19(22-15)23-9-8-20-18(23)25)21-11-14-6-3-5-13-4-1-2-7-16(13)14/h1-2,4,7,12,14H,3,5-6,8-11H2,(H,20,25)(H,21,24). The zero-order valence-corrected chi connectivity index (χ0v) is 15.3. The fourth-order valence-electron chi connectivity index (χ4n) is 3.69. The molecule has 2 heterocycles. The van der Waals surface area contributed by atoms with Crippen LogP contribution in [0.1, 0.15) is 35.6 Å². The second kappa shape index (κ2) is 7.45. The second-order valence-corrected chi connectivity index (χ2v) is 7.61.